The van der Waals surface area contributed by atoms with Gasteiger partial charge in [-0.1, -0.05) is 30.3 Å². The topological polar surface area (TPSA) is 87.6 Å². The fraction of sp³-hybridized carbons (Fsp3) is 0.250. The molecule has 22 heavy (non-hydrogen) atoms. The summed E-state index contributed by atoms with van der Waals surface area (Å²) >= 11 is 0. The molecule has 2 N–H and O–H groups in total. The highest BCUT2D eigenvalue weighted by Crippen LogP contribution is 2.40. The second-order valence-corrected chi connectivity index (χ2v) is 4.67. The molecule has 6 nitrogen and oxygen atoms in total. The van der Waals surface area contributed by atoms with E-state index in [2.05, 4.69) is 0 Å². The lowest BCUT2D eigenvalue weighted by molar-refractivity contribution is -0.386. The third-order valence-electron chi connectivity index (χ3n) is 3.22. The van der Waals surface area contributed by atoms with E-state index in [1.165, 1.54) is 7.11 Å². The van der Waals surface area contributed by atoms with Crippen molar-refractivity contribution in [3.63, 3.8) is 0 Å². The van der Waals surface area contributed by atoms with Crippen LogP contribution in [-0.2, 0) is 13.0 Å². The van der Waals surface area contributed by atoms with Gasteiger partial charge < -0.3 is 15.2 Å². The van der Waals surface area contributed by atoms with Crippen molar-refractivity contribution in [1.82, 2.24) is 0 Å². The molecule has 0 saturated heterocycles. The number of nitrogens with two attached hydrogens (primary N) is 1. The van der Waals surface area contributed by atoms with Crippen molar-refractivity contribution >= 4 is 5.69 Å². The Bertz CT molecular complexity index is 644. The fourth-order valence-corrected chi connectivity index (χ4v) is 2.18. The minimum atomic E-state index is -0.451. The summed E-state index contributed by atoms with van der Waals surface area (Å²) in [5.41, 5.74) is 6.90. The molecule has 0 heterocycles. The fourth-order valence-electron chi connectivity index (χ4n) is 2.18. The zero-order valence-electron chi connectivity index (χ0n) is 12.3. The van der Waals surface area contributed by atoms with Crippen molar-refractivity contribution < 1.29 is 14.4 Å². The normalized spacial score (nSPS) is 10.3. The number of nitrogens with zero attached hydrogens (tertiary/aromatic N) is 1. The Morgan fingerprint density at radius 2 is 1.91 bits per heavy atom. The molecule has 0 unspecified atom stereocenters. The van der Waals surface area contributed by atoms with Crippen LogP contribution in [0.25, 0.3) is 0 Å². The highest BCUT2D eigenvalue weighted by molar-refractivity contribution is 5.60. The molecule has 6 heteroatoms. The maximum Gasteiger partial charge on any atom is 0.318 e. The van der Waals surface area contributed by atoms with Crippen molar-refractivity contribution in [2.24, 2.45) is 5.73 Å². The van der Waals surface area contributed by atoms with Crippen molar-refractivity contribution in [2.75, 3.05) is 13.7 Å². The molecule has 2 aromatic rings. The van der Waals surface area contributed by atoms with Gasteiger partial charge in [-0.25, -0.2) is 0 Å². The van der Waals surface area contributed by atoms with Gasteiger partial charge in [0.25, 0.3) is 0 Å². The van der Waals surface area contributed by atoms with E-state index >= 15 is 0 Å². The Balaban J connectivity index is 2.37. The third-order valence-corrected chi connectivity index (χ3v) is 3.22. The van der Waals surface area contributed by atoms with Crippen molar-refractivity contribution in [3.8, 4) is 11.5 Å². The number of methoxy groups -OCH3 is 1. The maximum absolute atomic E-state index is 11.4. The number of hydrogen-bond acceptors (Lipinski definition) is 5. The Morgan fingerprint density at radius 3 is 2.50 bits per heavy atom. The summed E-state index contributed by atoms with van der Waals surface area (Å²) < 4.78 is 10.9. The van der Waals surface area contributed by atoms with Crippen LogP contribution in [0.5, 0.6) is 11.5 Å². The second kappa shape index (κ2) is 7.42. The second-order valence-electron chi connectivity index (χ2n) is 4.67. The summed E-state index contributed by atoms with van der Waals surface area (Å²) in [5, 5.41) is 11.4. The SMILES string of the molecule is COc1ccc(CCN)c([N+](=O)[O-])c1OCc1ccccc1. The zero-order valence-corrected chi connectivity index (χ0v) is 12.3. The van der Waals surface area contributed by atoms with Crippen molar-refractivity contribution in [2.45, 2.75) is 13.0 Å². The average molecular weight is 302 g/mol. The maximum atomic E-state index is 11.4. The summed E-state index contributed by atoms with van der Waals surface area (Å²) in [7, 11) is 1.46. The van der Waals surface area contributed by atoms with Crippen molar-refractivity contribution in [3.05, 3.63) is 63.7 Å². The Kier molecular flexibility index (Phi) is 5.32. The molecular weight excluding hydrogens is 284 g/mol. The van der Waals surface area contributed by atoms with Crippen LogP contribution in [0.3, 0.4) is 0 Å². The molecule has 0 amide bonds. The Morgan fingerprint density at radius 1 is 1.18 bits per heavy atom. The lowest BCUT2D eigenvalue weighted by atomic mass is 10.1. The first-order valence-corrected chi connectivity index (χ1v) is 6.88. The van der Waals surface area contributed by atoms with E-state index in [-0.39, 0.29) is 18.0 Å². The summed E-state index contributed by atoms with van der Waals surface area (Å²) in [5.74, 6) is 0.478. The van der Waals surface area contributed by atoms with Crippen LogP contribution in [0.4, 0.5) is 5.69 Å². The van der Waals surface area contributed by atoms with Gasteiger partial charge in [-0.3, -0.25) is 10.1 Å². The molecule has 0 bridgehead atoms. The molecule has 0 aliphatic rings. The van der Waals surface area contributed by atoms with Crippen LogP contribution in [0.15, 0.2) is 42.5 Å². The van der Waals surface area contributed by atoms with Gasteiger partial charge in [-0.05, 0) is 30.7 Å². The van der Waals surface area contributed by atoms with Crippen LogP contribution < -0.4 is 15.2 Å². The monoisotopic (exact) mass is 302 g/mol. The largest absolute Gasteiger partial charge is 0.493 e. The number of nitro benzene ring substituents is 1. The molecule has 0 aliphatic heterocycles. The van der Waals surface area contributed by atoms with E-state index in [0.717, 1.165) is 5.56 Å². The lowest BCUT2D eigenvalue weighted by Crippen LogP contribution is -2.08. The Hall–Kier alpha value is -2.60. The first-order valence-electron chi connectivity index (χ1n) is 6.88. The van der Waals surface area contributed by atoms with Gasteiger partial charge in [0.15, 0.2) is 5.75 Å². The van der Waals surface area contributed by atoms with Gasteiger partial charge in [0, 0.05) is 5.56 Å². The van der Waals surface area contributed by atoms with Gasteiger partial charge in [0.05, 0.1) is 12.0 Å². The van der Waals surface area contributed by atoms with E-state index < -0.39 is 4.92 Å². The standard InChI is InChI=1S/C16H18N2O4/c1-21-14-8-7-13(9-10-17)15(18(19)20)16(14)22-11-12-5-3-2-4-6-12/h2-8H,9-11,17H2,1H3. The minimum absolute atomic E-state index is 0.0827. The molecule has 0 aliphatic carbocycles. The van der Waals surface area contributed by atoms with Crippen LogP contribution in [0.2, 0.25) is 0 Å². The van der Waals surface area contributed by atoms with E-state index in [4.69, 9.17) is 15.2 Å². The molecule has 2 aromatic carbocycles. The highest BCUT2D eigenvalue weighted by Gasteiger charge is 2.25. The number of benzene rings is 2. The van der Waals surface area contributed by atoms with Crippen LogP contribution >= 0.6 is 0 Å². The van der Waals surface area contributed by atoms with Gasteiger partial charge >= 0.3 is 5.69 Å². The minimum Gasteiger partial charge on any atom is -0.493 e. The molecule has 2 rings (SSSR count). The van der Waals surface area contributed by atoms with Crippen LogP contribution in [0.1, 0.15) is 11.1 Å². The van der Waals surface area contributed by atoms with Gasteiger partial charge in [0.1, 0.15) is 6.61 Å². The number of nitro groups is 1. The third kappa shape index (κ3) is 3.53. The van der Waals surface area contributed by atoms with Gasteiger partial charge in [-0.2, -0.15) is 0 Å². The predicted molar refractivity (Wildman–Crippen MR) is 83.2 cm³/mol. The molecule has 0 radical (unpaired) electrons. The molecule has 0 aromatic heterocycles. The molecule has 0 fully saturated rings. The smallest absolute Gasteiger partial charge is 0.318 e. The summed E-state index contributed by atoms with van der Waals surface area (Å²) in [4.78, 5) is 11.0. The van der Waals surface area contributed by atoms with Crippen molar-refractivity contribution in [1.29, 1.82) is 0 Å². The summed E-state index contributed by atoms with van der Waals surface area (Å²) in [6.45, 7) is 0.551. The van der Waals surface area contributed by atoms with E-state index in [1.807, 2.05) is 30.3 Å². The van der Waals surface area contributed by atoms with Crippen LogP contribution in [0, 0.1) is 10.1 Å². The van der Waals surface area contributed by atoms with Crippen LogP contribution in [-0.4, -0.2) is 18.6 Å². The van der Waals surface area contributed by atoms with E-state index in [1.54, 1.807) is 12.1 Å². The number of ether oxygens (including phenoxy) is 2. The first-order chi connectivity index (χ1) is 10.7. The zero-order chi connectivity index (χ0) is 15.9. The van der Waals surface area contributed by atoms with E-state index in [9.17, 15) is 10.1 Å². The molecule has 0 saturated carbocycles. The first kappa shape index (κ1) is 15.8. The molecular formula is C16H18N2O4. The molecule has 116 valence electrons. The summed E-state index contributed by atoms with van der Waals surface area (Å²) in [6.07, 6.45) is 0.405. The number of rotatable bonds is 7. The molecule has 0 spiro atoms. The van der Waals surface area contributed by atoms with Gasteiger partial charge in [-0.15, -0.1) is 0 Å². The highest BCUT2D eigenvalue weighted by atomic mass is 16.6. The van der Waals surface area contributed by atoms with E-state index in [0.29, 0.717) is 24.3 Å². The summed E-state index contributed by atoms with van der Waals surface area (Å²) in [6, 6.07) is 12.8. The quantitative estimate of drug-likeness (QED) is 0.627. The number of hydrogen-bond donors (Lipinski definition) is 1. The predicted octanol–water partition coefficient (Wildman–Crippen LogP) is 2.68. The molecule has 0 atom stereocenters. The Labute approximate surface area is 128 Å². The van der Waals surface area contributed by atoms with Gasteiger partial charge in [0.2, 0.25) is 5.75 Å². The lowest BCUT2D eigenvalue weighted by Gasteiger charge is -2.13. The average Bonchev–Trinajstić information content (AvgIpc) is 2.53.